The normalized spacial score (nSPS) is 18.8. The third-order valence-electron chi connectivity index (χ3n) is 3.45. The highest BCUT2D eigenvalue weighted by atomic mass is 19.1. The number of anilines is 1. The van der Waals surface area contributed by atoms with Gasteiger partial charge in [-0.05, 0) is 56.5 Å². The van der Waals surface area contributed by atoms with Crippen molar-refractivity contribution in [2.75, 3.05) is 24.6 Å². The van der Waals surface area contributed by atoms with Crippen LogP contribution in [0.15, 0.2) is 24.3 Å². The molecule has 2 N–H and O–H groups in total. The van der Waals surface area contributed by atoms with Gasteiger partial charge in [0.1, 0.15) is 11.9 Å². The summed E-state index contributed by atoms with van der Waals surface area (Å²) in [5.41, 5.74) is 6.22. The summed E-state index contributed by atoms with van der Waals surface area (Å²) in [5.74, 6) is -0.362. The lowest BCUT2D eigenvalue weighted by molar-refractivity contribution is -0.132. The SMILES string of the molecule is NCCCN(C(=O)C1CCCCO1)c1ccc(F)cc1. The van der Waals surface area contributed by atoms with Crippen molar-refractivity contribution in [3.8, 4) is 0 Å². The Morgan fingerprint density at radius 3 is 2.70 bits per heavy atom. The Bertz CT molecular complexity index is 430. The number of halogens is 1. The van der Waals surface area contributed by atoms with Crippen LogP contribution >= 0.6 is 0 Å². The zero-order chi connectivity index (χ0) is 14.4. The van der Waals surface area contributed by atoms with Gasteiger partial charge in [0.15, 0.2) is 0 Å². The third-order valence-corrected chi connectivity index (χ3v) is 3.45. The Hall–Kier alpha value is -1.46. The molecule has 1 aromatic rings. The van der Waals surface area contributed by atoms with E-state index in [1.807, 2.05) is 0 Å². The van der Waals surface area contributed by atoms with E-state index in [1.165, 1.54) is 12.1 Å². The van der Waals surface area contributed by atoms with E-state index in [1.54, 1.807) is 17.0 Å². The van der Waals surface area contributed by atoms with Gasteiger partial charge in [0.2, 0.25) is 0 Å². The topological polar surface area (TPSA) is 55.6 Å². The maximum atomic E-state index is 13.0. The van der Waals surface area contributed by atoms with Gasteiger partial charge in [-0.25, -0.2) is 4.39 Å². The number of carbonyl (C=O) groups excluding carboxylic acids is 1. The summed E-state index contributed by atoms with van der Waals surface area (Å²) >= 11 is 0. The molecule has 5 heteroatoms. The van der Waals surface area contributed by atoms with Crippen LogP contribution in [0.2, 0.25) is 0 Å². The molecule has 1 atom stereocenters. The van der Waals surface area contributed by atoms with Crippen molar-refractivity contribution in [1.29, 1.82) is 0 Å². The standard InChI is InChI=1S/C15H21FN2O2/c16-12-5-7-13(8-6-12)18(10-3-9-17)15(19)14-4-1-2-11-20-14/h5-8,14H,1-4,9-11,17H2. The molecule has 1 aromatic carbocycles. The van der Waals surface area contributed by atoms with Crippen molar-refractivity contribution in [2.45, 2.75) is 31.8 Å². The monoisotopic (exact) mass is 280 g/mol. The Kier molecular flexibility index (Phi) is 5.49. The van der Waals surface area contributed by atoms with Crippen molar-refractivity contribution in [3.05, 3.63) is 30.1 Å². The number of benzene rings is 1. The van der Waals surface area contributed by atoms with Crippen molar-refractivity contribution >= 4 is 11.6 Å². The van der Waals surface area contributed by atoms with E-state index in [2.05, 4.69) is 0 Å². The second kappa shape index (κ2) is 7.36. The molecule has 110 valence electrons. The first-order chi connectivity index (χ1) is 9.72. The summed E-state index contributed by atoms with van der Waals surface area (Å²) in [4.78, 5) is 14.2. The highest BCUT2D eigenvalue weighted by Gasteiger charge is 2.27. The van der Waals surface area contributed by atoms with Gasteiger partial charge in [0.05, 0.1) is 0 Å². The van der Waals surface area contributed by atoms with E-state index in [-0.39, 0.29) is 17.8 Å². The van der Waals surface area contributed by atoms with Gasteiger partial charge in [0, 0.05) is 18.8 Å². The number of nitrogens with zero attached hydrogens (tertiary/aromatic N) is 1. The summed E-state index contributed by atoms with van der Waals surface area (Å²) in [5, 5.41) is 0. The summed E-state index contributed by atoms with van der Waals surface area (Å²) < 4.78 is 18.6. The Morgan fingerprint density at radius 2 is 2.10 bits per heavy atom. The maximum Gasteiger partial charge on any atom is 0.256 e. The first-order valence-electron chi connectivity index (χ1n) is 7.11. The number of rotatable bonds is 5. The molecule has 1 fully saturated rings. The van der Waals surface area contributed by atoms with Gasteiger partial charge < -0.3 is 15.4 Å². The number of hydrogen-bond donors (Lipinski definition) is 1. The Balaban J connectivity index is 2.13. The van der Waals surface area contributed by atoms with Crippen LogP contribution in [0.4, 0.5) is 10.1 Å². The predicted octanol–water partition coefficient (Wildman–Crippen LogP) is 2.08. The Morgan fingerprint density at radius 1 is 1.35 bits per heavy atom. The average Bonchev–Trinajstić information content (AvgIpc) is 2.50. The summed E-state index contributed by atoms with van der Waals surface area (Å²) in [6, 6.07) is 5.96. The minimum absolute atomic E-state index is 0.0511. The van der Waals surface area contributed by atoms with Gasteiger partial charge in [-0.2, -0.15) is 0 Å². The first kappa shape index (κ1) is 14.9. The molecule has 1 heterocycles. The van der Waals surface area contributed by atoms with Gasteiger partial charge in [-0.1, -0.05) is 0 Å². The highest BCUT2D eigenvalue weighted by molar-refractivity contribution is 5.96. The lowest BCUT2D eigenvalue weighted by Crippen LogP contribution is -2.43. The van der Waals surface area contributed by atoms with Crippen molar-refractivity contribution < 1.29 is 13.9 Å². The van der Waals surface area contributed by atoms with E-state index < -0.39 is 0 Å². The molecule has 0 bridgehead atoms. The van der Waals surface area contributed by atoms with Crippen LogP contribution in [0.5, 0.6) is 0 Å². The molecule has 1 amide bonds. The van der Waals surface area contributed by atoms with Crippen molar-refractivity contribution in [3.63, 3.8) is 0 Å². The van der Waals surface area contributed by atoms with Gasteiger partial charge in [0.25, 0.3) is 5.91 Å². The average molecular weight is 280 g/mol. The van der Waals surface area contributed by atoms with Crippen LogP contribution in [0.3, 0.4) is 0 Å². The summed E-state index contributed by atoms with van der Waals surface area (Å²) in [6.45, 7) is 1.67. The third kappa shape index (κ3) is 3.77. The van der Waals surface area contributed by atoms with Crippen LogP contribution in [-0.4, -0.2) is 31.7 Å². The fourth-order valence-electron chi connectivity index (χ4n) is 2.35. The molecule has 0 aliphatic carbocycles. The quantitative estimate of drug-likeness (QED) is 0.898. The van der Waals surface area contributed by atoms with Gasteiger partial charge in [-0.3, -0.25) is 4.79 Å². The molecule has 0 spiro atoms. The van der Waals surface area contributed by atoms with E-state index in [9.17, 15) is 9.18 Å². The van der Waals surface area contributed by atoms with Crippen LogP contribution in [0, 0.1) is 5.82 Å². The maximum absolute atomic E-state index is 13.0. The zero-order valence-electron chi connectivity index (χ0n) is 11.6. The van der Waals surface area contributed by atoms with Crippen molar-refractivity contribution in [2.24, 2.45) is 5.73 Å². The van der Waals surface area contributed by atoms with Crippen LogP contribution in [0.25, 0.3) is 0 Å². The molecular weight excluding hydrogens is 259 g/mol. The van der Waals surface area contributed by atoms with E-state index in [4.69, 9.17) is 10.5 Å². The largest absolute Gasteiger partial charge is 0.368 e. The lowest BCUT2D eigenvalue weighted by Gasteiger charge is -2.29. The fourth-order valence-corrected chi connectivity index (χ4v) is 2.35. The molecular formula is C15H21FN2O2. The second-order valence-electron chi connectivity index (χ2n) is 4.96. The van der Waals surface area contributed by atoms with Crippen LogP contribution in [-0.2, 0) is 9.53 Å². The number of carbonyl (C=O) groups is 1. The molecule has 1 aliphatic heterocycles. The molecule has 0 radical (unpaired) electrons. The number of nitrogens with two attached hydrogens (primary N) is 1. The van der Waals surface area contributed by atoms with E-state index >= 15 is 0 Å². The minimum atomic E-state index is -0.383. The smallest absolute Gasteiger partial charge is 0.256 e. The van der Waals surface area contributed by atoms with E-state index in [0.29, 0.717) is 31.8 Å². The minimum Gasteiger partial charge on any atom is -0.368 e. The summed E-state index contributed by atoms with van der Waals surface area (Å²) in [6.07, 6.45) is 3.08. The summed E-state index contributed by atoms with van der Waals surface area (Å²) in [7, 11) is 0. The zero-order valence-corrected chi connectivity index (χ0v) is 11.6. The first-order valence-corrected chi connectivity index (χ1v) is 7.11. The lowest BCUT2D eigenvalue weighted by atomic mass is 10.1. The molecule has 1 aliphatic rings. The molecule has 1 unspecified atom stereocenters. The van der Waals surface area contributed by atoms with Gasteiger partial charge in [-0.15, -0.1) is 0 Å². The van der Waals surface area contributed by atoms with Crippen molar-refractivity contribution in [1.82, 2.24) is 0 Å². The number of amides is 1. The molecule has 4 nitrogen and oxygen atoms in total. The van der Waals surface area contributed by atoms with E-state index in [0.717, 1.165) is 19.3 Å². The van der Waals surface area contributed by atoms with Crippen LogP contribution in [0.1, 0.15) is 25.7 Å². The fraction of sp³-hybridized carbons (Fsp3) is 0.533. The van der Waals surface area contributed by atoms with Gasteiger partial charge >= 0.3 is 0 Å². The number of ether oxygens (including phenoxy) is 1. The number of hydrogen-bond acceptors (Lipinski definition) is 3. The molecule has 20 heavy (non-hydrogen) atoms. The predicted molar refractivity (Wildman–Crippen MR) is 76.0 cm³/mol. The Labute approximate surface area is 118 Å². The van der Waals surface area contributed by atoms with Crippen LogP contribution < -0.4 is 10.6 Å². The second-order valence-corrected chi connectivity index (χ2v) is 4.96. The molecule has 2 rings (SSSR count). The molecule has 0 saturated carbocycles. The molecule has 1 saturated heterocycles. The highest BCUT2D eigenvalue weighted by Crippen LogP contribution is 2.21. The molecule has 0 aromatic heterocycles.